The lowest BCUT2D eigenvalue weighted by molar-refractivity contribution is -0.130. The maximum Gasteiger partial charge on any atom is 0.226 e. The van der Waals surface area contributed by atoms with E-state index in [4.69, 9.17) is 4.74 Å². The summed E-state index contributed by atoms with van der Waals surface area (Å²) < 4.78 is 33.0. The van der Waals surface area contributed by atoms with Gasteiger partial charge in [0, 0.05) is 38.6 Å². The summed E-state index contributed by atoms with van der Waals surface area (Å²) in [6.07, 6.45) is 4.88. The number of amides is 1. The van der Waals surface area contributed by atoms with Gasteiger partial charge in [-0.15, -0.1) is 0 Å². The van der Waals surface area contributed by atoms with E-state index in [1.807, 2.05) is 41.3 Å². The molecule has 8 heteroatoms. The molecule has 1 amide bonds. The van der Waals surface area contributed by atoms with Gasteiger partial charge >= 0.3 is 0 Å². The molecule has 0 saturated carbocycles. The van der Waals surface area contributed by atoms with Crippen LogP contribution in [0.25, 0.3) is 0 Å². The zero-order valence-electron chi connectivity index (χ0n) is 17.1. The number of carbonyl (C=O) groups excluding carboxylic acids is 1. The average molecular weight is 430 g/mol. The van der Waals surface area contributed by atoms with Crippen molar-refractivity contribution in [1.82, 2.24) is 14.2 Å². The number of nitrogens with zero attached hydrogens (tertiary/aromatic N) is 3. The number of aromatic nitrogens is 1. The molecule has 0 radical (unpaired) electrons. The third-order valence-electron chi connectivity index (χ3n) is 6.08. The van der Waals surface area contributed by atoms with E-state index in [2.05, 4.69) is 4.98 Å². The molecule has 1 aromatic carbocycles. The number of hydrogen-bond acceptors (Lipinski definition) is 5. The Morgan fingerprint density at radius 2 is 1.97 bits per heavy atom. The van der Waals surface area contributed by atoms with Crippen LogP contribution in [0.4, 0.5) is 0 Å². The van der Waals surface area contributed by atoms with Crippen molar-refractivity contribution >= 4 is 15.9 Å². The Hall–Kier alpha value is -2.45. The first-order valence-corrected chi connectivity index (χ1v) is 11.8. The number of benzene rings is 1. The predicted octanol–water partition coefficient (Wildman–Crippen LogP) is 2.09. The number of ether oxygens (including phenoxy) is 1. The van der Waals surface area contributed by atoms with Gasteiger partial charge in [-0.25, -0.2) is 8.42 Å². The van der Waals surface area contributed by atoms with E-state index in [0.717, 1.165) is 16.9 Å². The Bertz CT molecular complexity index is 996. The standard InChI is InChI=1S/C22H27N3O4S/c1-29-20-6-2-4-17(12-20)13-22(26)24-10-7-19-16-25(15-18-5-3-9-23-14-18)30(27,28)21(19)8-11-24/h2-6,9,12,14,19,21H,7-8,10-11,13,15-16H2,1H3/t19-,21-/m0/s1. The van der Waals surface area contributed by atoms with E-state index in [1.165, 1.54) is 0 Å². The Kier molecular flexibility index (Phi) is 6.06. The number of rotatable bonds is 5. The van der Waals surface area contributed by atoms with Crippen molar-refractivity contribution < 1.29 is 17.9 Å². The van der Waals surface area contributed by atoms with Gasteiger partial charge in [0.25, 0.3) is 0 Å². The molecule has 2 saturated heterocycles. The first-order valence-electron chi connectivity index (χ1n) is 10.3. The molecule has 2 fully saturated rings. The van der Waals surface area contributed by atoms with E-state index in [0.29, 0.717) is 45.4 Å². The summed E-state index contributed by atoms with van der Waals surface area (Å²) in [5, 5.41) is -0.413. The highest BCUT2D eigenvalue weighted by molar-refractivity contribution is 7.90. The molecule has 0 unspecified atom stereocenters. The molecule has 2 aliphatic heterocycles. The van der Waals surface area contributed by atoms with Crippen LogP contribution in [0, 0.1) is 5.92 Å². The van der Waals surface area contributed by atoms with Gasteiger partial charge in [-0.2, -0.15) is 4.31 Å². The number of sulfonamides is 1. The second-order valence-corrected chi connectivity index (χ2v) is 10.1. The van der Waals surface area contributed by atoms with Gasteiger partial charge in [-0.1, -0.05) is 18.2 Å². The minimum absolute atomic E-state index is 0.0350. The lowest BCUT2D eigenvalue weighted by Crippen LogP contribution is -2.35. The summed E-state index contributed by atoms with van der Waals surface area (Å²) in [6, 6.07) is 11.2. The third kappa shape index (κ3) is 4.34. The fourth-order valence-corrected chi connectivity index (χ4v) is 6.69. The van der Waals surface area contributed by atoms with Crippen LogP contribution in [-0.2, 0) is 27.8 Å². The molecule has 3 heterocycles. The Labute approximate surface area is 177 Å². The number of likely N-dealkylation sites (tertiary alicyclic amines) is 1. The largest absolute Gasteiger partial charge is 0.497 e. The van der Waals surface area contributed by atoms with E-state index < -0.39 is 15.3 Å². The Morgan fingerprint density at radius 3 is 2.73 bits per heavy atom. The zero-order chi connectivity index (χ0) is 21.1. The second kappa shape index (κ2) is 8.73. The summed E-state index contributed by atoms with van der Waals surface area (Å²) in [5.74, 6) is 0.819. The highest BCUT2D eigenvalue weighted by Gasteiger charge is 2.47. The monoisotopic (exact) mass is 429 g/mol. The summed E-state index contributed by atoms with van der Waals surface area (Å²) in [4.78, 5) is 18.7. The molecule has 7 nitrogen and oxygen atoms in total. The molecule has 2 aliphatic rings. The molecular formula is C22H27N3O4S. The van der Waals surface area contributed by atoms with Crippen molar-refractivity contribution in [1.29, 1.82) is 0 Å². The van der Waals surface area contributed by atoms with Crippen LogP contribution in [0.1, 0.15) is 24.0 Å². The predicted molar refractivity (Wildman–Crippen MR) is 113 cm³/mol. The summed E-state index contributed by atoms with van der Waals surface area (Å²) in [6.45, 7) is 1.95. The molecule has 0 spiro atoms. The SMILES string of the molecule is COc1cccc(CC(=O)N2CC[C@H]3CN(Cc4cccnc4)S(=O)(=O)[C@H]3CC2)c1. The number of hydrogen-bond donors (Lipinski definition) is 0. The number of pyridine rings is 1. The Balaban J connectivity index is 1.40. The molecule has 0 aliphatic carbocycles. The van der Waals surface area contributed by atoms with Gasteiger partial charge in [0.15, 0.2) is 0 Å². The highest BCUT2D eigenvalue weighted by atomic mass is 32.2. The fraction of sp³-hybridized carbons (Fsp3) is 0.455. The van der Waals surface area contributed by atoms with Gasteiger partial charge in [0.2, 0.25) is 15.9 Å². The van der Waals surface area contributed by atoms with Crippen molar-refractivity contribution in [2.24, 2.45) is 5.92 Å². The summed E-state index contributed by atoms with van der Waals surface area (Å²) in [7, 11) is -1.77. The summed E-state index contributed by atoms with van der Waals surface area (Å²) >= 11 is 0. The molecule has 4 rings (SSSR count). The van der Waals surface area contributed by atoms with E-state index in [-0.39, 0.29) is 11.8 Å². The molecule has 30 heavy (non-hydrogen) atoms. The molecule has 1 aromatic heterocycles. The van der Waals surface area contributed by atoms with Gasteiger partial charge in [0.05, 0.1) is 18.8 Å². The minimum atomic E-state index is -3.38. The molecule has 0 N–H and O–H groups in total. The van der Waals surface area contributed by atoms with Crippen LogP contribution in [0.3, 0.4) is 0 Å². The average Bonchev–Trinajstić information content (AvgIpc) is 2.89. The maximum absolute atomic E-state index is 13.1. The number of fused-ring (bicyclic) bond motifs is 1. The van der Waals surface area contributed by atoms with Crippen molar-refractivity contribution in [2.45, 2.75) is 31.1 Å². The van der Waals surface area contributed by atoms with Crippen molar-refractivity contribution in [2.75, 3.05) is 26.7 Å². The first kappa shape index (κ1) is 20.8. The van der Waals surface area contributed by atoms with Crippen molar-refractivity contribution in [3.63, 3.8) is 0 Å². The van der Waals surface area contributed by atoms with Crippen LogP contribution in [0.5, 0.6) is 5.75 Å². The molecule has 0 bridgehead atoms. The molecular weight excluding hydrogens is 402 g/mol. The molecule has 2 atom stereocenters. The highest BCUT2D eigenvalue weighted by Crippen LogP contribution is 2.35. The quantitative estimate of drug-likeness (QED) is 0.727. The van der Waals surface area contributed by atoms with Crippen LogP contribution in [0.15, 0.2) is 48.8 Å². The molecule has 160 valence electrons. The molecule has 2 aromatic rings. The van der Waals surface area contributed by atoms with Gasteiger partial charge < -0.3 is 9.64 Å². The number of methoxy groups -OCH3 is 1. The van der Waals surface area contributed by atoms with Crippen LogP contribution in [0.2, 0.25) is 0 Å². The van der Waals surface area contributed by atoms with Crippen molar-refractivity contribution in [3.8, 4) is 5.75 Å². The lowest BCUT2D eigenvalue weighted by Gasteiger charge is -2.22. The second-order valence-electron chi connectivity index (χ2n) is 7.98. The third-order valence-corrected chi connectivity index (χ3v) is 8.47. The first-order chi connectivity index (χ1) is 14.5. The smallest absolute Gasteiger partial charge is 0.226 e. The van der Waals surface area contributed by atoms with E-state index >= 15 is 0 Å². The van der Waals surface area contributed by atoms with Gasteiger partial charge in [-0.3, -0.25) is 9.78 Å². The van der Waals surface area contributed by atoms with Crippen LogP contribution < -0.4 is 4.74 Å². The normalized spacial score (nSPS) is 23.6. The Morgan fingerprint density at radius 1 is 1.17 bits per heavy atom. The fourth-order valence-electron chi connectivity index (χ4n) is 4.46. The van der Waals surface area contributed by atoms with E-state index in [9.17, 15) is 13.2 Å². The van der Waals surface area contributed by atoms with Crippen LogP contribution >= 0.6 is 0 Å². The van der Waals surface area contributed by atoms with Gasteiger partial charge in [-0.05, 0) is 48.1 Å². The topological polar surface area (TPSA) is 79.8 Å². The summed E-state index contributed by atoms with van der Waals surface area (Å²) in [5.41, 5.74) is 1.80. The lowest BCUT2D eigenvalue weighted by atomic mass is 10.0. The van der Waals surface area contributed by atoms with Crippen LogP contribution in [-0.4, -0.2) is 60.5 Å². The zero-order valence-corrected chi connectivity index (χ0v) is 17.9. The van der Waals surface area contributed by atoms with Crippen molar-refractivity contribution in [3.05, 3.63) is 59.9 Å². The number of carbonyl (C=O) groups is 1. The minimum Gasteiger partial charge on any atom is -0.497 e. The van der Waals surface area contributed by atoms with Gasteiger partial charge in [0.1, 0.15) is 5.75 Å². The maximum atomic E-state index is 13.1. The van der Waals surface area contributed by atoms with E-state index in [1.54, 1.807) is 23.8 Å².